The van der Waals surface area contributed by atoms with Crippen LogP contribution in [0.4, 0.5) is 5.69 Å². The molecule has 0 N–H and O–H groups in total. The van der Waals surface area contributed by atoms with Crippen LogP contribution in [0, 0.1) is 27.7 Å². The lowest BCUT2D eigenvalue weighted by atomic mass is 10.1. The maximum absolute atomic E-state index is 13.1. The molecular formula is C30H33N3O2. The molecule has 4 aromatic rings. The fourth-order valence-corrected chi connectivity index (χ4v) is 5.15. The highest BCUT2D eigenvalue weighted by atomic mass is 16.5. The summed E-state index contributed by atoms with van der Waals surface area (Å²) in [6.45, 7) is 10.5. The van der Waals surface area contributed by atoms with Crippen LogP contribution in [0.15, 0.2) is 60.7 Å². The van der Waals surface area contributed by atoms with Gasteiger partial charge in [0, 0.05) is 31.1 Å². The van der Waals surface area contributed by atoms with Crippen LogP contribution in [0.5, 0.6) is 5.75 Å². The summed E-state index contributed by atoms with van der Waals surface area (Å²) in [6.07, 6.45) is 1.35. The van der Waals surface area contributed by atoms with Gasteiger partial charge in [-0.3, -0.25) is 4.79 Å². The third-order valence-electron chi connectivity index (χ3n) is 7.16. The van der Waals surface area contributed by atoms with Gasteiger partial charge < -0.3 is 14.2 Å². The Balaban J connectivity index is 1.36. The van der Waals surface area contributed by atoms with Gasteiger partial charge in [0.05, 0.1) is 17.6 Å². The van der Waals surface area contributed by atoms with Crippen LogP contribution in [0.25, 0.3) is 11.0 Å². The Kier molecular flexibility index (Phi) is 6.33. The average molecular weight is 468 g/mol. The van der Waals surface area contributed by atoms with Gasteiger partial charge >= 0.3 is 0 Å². The molecule has 180 valence electrons. The summed E-state index contributed by atoms with van der Waals surface area (Å²) >= 11 is 0. The number of benzene rings is 3. The summed E-state index contributed by atoms with van der Waals surface area (Å²) in [5.74, 6) is 2.17. The highest BCUT2D eigenvalue weighted by Crippen LogP contribution is 2.35. The summed E-state index contributed by atoms with van der Waals surface area (Å²) < 4.78 is 8.38. The van der Waals surface area contributed by atoms with E-state index in [4.69, 9.17) is 9.72 Å². The second kappa shape index (κ2) is 9.57. The van der Waals surface area contributed by atoms with Crippen molar-refractivity contribution in [2.45, 2.75) is 53.0 Å². The number of anilines is 1. The summed E-state index contributed by atoms with van der Waals surface area (Å²) in [6, 6.07) is 20.7. The van der Waals surface area contributed by atoms with Crippen LogP contribution in [0.2, 0.25) is 0 Å². The van der Waals surface area contributed by atoms with Crippen molar-refractivity contribution in [2.24, 2.45) is 0 Å². The molecule has 5 rings (SSSR count). The maximum atomic E-state index is 13.1. The van der Waals surface area contributed by atoms with E-state index in [1.165, 1.54) is 16.7 Å². The van der Waals surface area contributed by atoms with E-state index in [1.54, 1.807) is 0 Å². The third-order valence-corrected chi connectivity index (χ3v) is 7.16. The standard InChI is InChI=1S/C30H33N3O2/c1-20-13-14-28(22(3)17-20)35-16-8-15-32-27-11-6-5-10-25(27)31-30(32)24-18-29(34)33(19-24)26-12-7-9-21(2)23(26)4/h5-7,9-14,17,24H,8,15-16,18-19H2,1-4H3. The Hall–Kier alpha value is -3.60. The highest BCUT2D eigenvalue weighted by molar-refractivity contribution is 5.97. The van der Waals surface area contributed by atoms with Crippen LogP contribution < -0.4 is 9.64 Å². The van der Waals surface area contributed by atoms with Crippen LogP contribution in [-0.4, -0.2) is 28.6 Å². The molecule has 1 aromatic heterocycles. The SMILES string of the molecule is Cc1ccc(OCCCn2c(C3CC(=O)N(c4cccc(C)c4C)C3)nc3ccccc32)c(C)c1. The van der Waals surface area contributed by atoms with Gasteiger partial charge in [0.25, 0.3) is 0 Å². The largest absolute Gasteiger partial charge is 0.493 e. The second-order valence-electron chi connectivity index (χ2n) is 9.71. The number of nitrogens with zero attached hydrogens (tertiary/aromatic N) is 3. The van der Waals surface area contributed by atoms with Gasteiger partial charge in [-0.2, -0.15) is 0 Å². The Labute approximate surface area is 207 Å². The molecule has 1 aliphatic heterocycles. The molecule has 1 aliphatic rings. The first-order valence-corrected chi connectivity index (χ1v) is 12.4. The maximum Gasteiger partial charge on any atom is 0.227 e. The minimum atomic E-state index is 0.0649. The first-order chi connectivity index (χ1) is 16.9. The fourth-order valence-electron chi connectivity index (χ4n) is 5.15. The summed E-state index contributed by atoms with van der Waals surface area (Å²) in [7, 11) is 0. The van der Waals surface area contributed by atoms with Crippen molar-refractivity contribution in [3.8, 4) is 5.75 Å². The van der Waals surface area contributed by atoms with E-state index in [0.29, 0.717) is 19.6 Å². The smallest absolute Gasteiger partial charge is 0.227 e. The molecule has 1 amide bonds. The number of ether oxygens (including phenoxy) is 1. The quantitative estimate of drug-likeness (QED) is 0.301. The Morgan fingerprint density at radius 3 is 2.63 bits per heavy atom. The first kappa shape index (κ1) is 23.2. The molecule has 35 heavy (non-hydrogen) atoms. The topological polar surface area (TPSA) is 47.4 Å². The predicted molar refractivity (Wildman–Crippen MR) is 141 cm³/mol. The van der Waals surface area contributed by atoms with Crippen molar-refractivity contribution in [3.63, 3.8) is 0 Å². The third kappa shape index (κ3) is 4.55. The normalized spacial score (nSPS) is 15.8. The molecule has 0 bridgehead atoms. The van der Waals surface area contributed by atoms with Crippen LogP contribution in [-0.2, 0) is 11.3 Å². The second-order valence-corrected chi connectivity index (χ2v) is 9.71. The van der Waals surface area contributed by atoms with Gasteiger partial charge in [0.15, 0.2) is 0 Å². The highest BCUT2D eigenvalue weighted by Gasteiger charge is 2.35. The molecular weight excluding hydrogens is 434 g/mol. The number of rotatable bonds is 7. The number of aryl methyl sites for hydroxylation is 4. The summed E-state index contributed by atoms with van der Waals surface area (Å²) in [4.78, 5) is 20.0. The fraction of sp³-hybridized carbons (Fsp3) is 0.333. The molecule has 1 fully saturated rings. The van der Waals surface area contributed by atoms with Crippen molar-refractivity contribution in [1.82, 2.24) is 9.55 Å². The number of fused-ring (bicyclic) bond motifs is 1. The zero-order valence-electron chi connectivity index (χ0n) is 21.0. The Morgan fingerprint density at radius 2 is 1.80 bits per heavy atom. The lowest BCUT2D eigenvalue weighted by molar-refractivity contribution is -0.117. The Morgan fingerprint density at radius 1 is 0.971 bits per heavy atom. The van der Waals surface area contributed by atoms with Crippen LogP contribution in [0.1, 0.15) is 46.8 Å². The molecule has 5 nitrogen and oxygen atoms in total. The lowest BCUT2D eigenvalue weighted by Gasteiger charge is -2.20. The predicted octanol–water partition coefficient (Wildman–Crippen LogP) is 6.26. The Bertz CT molecular complexity index is 1390. The minimum Gasteiger partial charge on any atom is -0.493 e. The van der Waals surface area contributed by atoms with Crippen molar-refractivity contribution < 1.29 is 9.53 Å². The van der Waals surface area contributed by atoms with Gasteiger partial charge in [-0.05, 0) is 75.1 Å². The molecule has 0 spiro atoms. The van der Waals surface area contributed by atoms with E-state index in [2.05, 4.69) is 80.8 Å². The number of hydrogen-bond acceptors (Lipinski definition) is 3. The minimum absolute atomic E-state index is 0.0649. The summed E-state index contributed by atoms with van der Waals surface area (Å²) in [5.41, 5.74) is 7.89. The van der Waals surface area contributed by atoms with Gasteiger partial charge in [-0.25, -0.2) is 4.98 Å². The number of amides is 1. The molecule has 0 aliphatic carbocycles. The number of para-hydroxylation sites is 2. The lowest BCUT2D eigenvalue weighted by Crippen LogP contribution is -2.25. The van der Waals surface area contributed by atoms with Crippen molar-refractivity contribution in [2.75, 3.05) is 18.1 Å². The molecule has 1 unspecified atom stereocenters. The number of aromatic nitrogens is 2. The van der Waals surface area contributed by atoms with Crippen molar-refractivity contribution in [1.29, 1.82) is 0 Å². The number of carbonyl (C=O) groups is 1. The zero-order chi connectivity index (χ0) is 24.5. The van der Waals surface area contributed by atoms with Gasteiger partial charge in [0.2, 0.25) is 5.91 Å². The molecule has 0 radical (unpaired) electrons. The van der Waals surface area contributed by atoms with E-state index in [1.807, 2.05) is 17.0 Å². The van der Waals surface area contributed by atoms with Crippen LogP contribution >= 0.6 is 0 Å². The monoisotopic (exact) mass is 467 g/mol. The van der Waals surface area contributed by atoms with Crippen molar-refractivity contribution >= 4 is 22.6 Å². The zero-order valence-corrected chi connectivity index (χ0v) is 21.0. The van der Waals surface area contributed by atoms with E-state index in [-0.39, 0.29) is 11.8 Å². The van der Waals surface area contributed by atoms with E-state index < -0.39 is 0 Å². The van der Waals surface area contributed by atoms with Gasteiger partial charge in [-0.1, -0.05) is 42.0 Å². The van der Waals surface area contributed by atoms with Crippen LogP contribution in [0.3, 0.4) is 0 Å². The molecule has 2 heterocycles. The summed E-state index contributed by atoms with van der Waals surface area (Å²) in [5, 5.41) is 0. The van der Waals surface area contributed by atoms with E-state index in [0.717, 1.165) is 46.8 Å². The molecule has 5 heteroatoms. The molecule has 1 atom stereocenters. The number of hydrogen-bond donors (Lipinski definition) is 0. The van der Waals surface area contributed by atoms with Gasteiger partial charge in [-0.15, -0.1) is 0 Å². The number of imidazole rings is 1. The molecule has 1 saturated heterocycles. The first-order valence-electron chi connectivity index (χ1n) is 12.4. The molecule has 3 aromatic carbocycles. The van der Waals surface area contributed by atoms with E-state index in [9.17, 15) is 4.79 Å². The van der Waals surface area contributed by atoms with Gasteiger partial charge in [0.1, 0.15) is 11.6 Å². The average Bonchev–Trinajstić information content (AvgIpc) is 3.40. The molecule has 0 saturated carbocycles. The van der Waals surface area contributed by atoms with Crippen molar-refractivity contribution in [3.05, 3.63) is 88.7 Å². The van der Waals surface area contributed by atoms with E-state index >= 15 is 0 Å². The number of carbonyl (C=O) groups excluding carboxylic acids is 1.